The van der Waals surface area contributed by atoms with Gasteiger partial charge in [0.25, 0.3) is 5.91 Å². The van der Waals surface area contributed by atoms with Crippen molar-refractivity contribution >= 4 is 44.5 Å². The van der Waals surface area contributed by atoms with Gasteiger partial charge in [0, 0.05) is 11.8 Å². The summed E-state index contributed by atoms with van der Waals surface area (Å²) in [6, 6.07) is 20.8. The Labute approximate surface area is 147 Å². The van der Waals surface area contributed by atoms with Gasteiger partial charge in [-0.05, 0) is 52.3 Å². The van der Waals surface area contributed by atoms with Gasteiger partial charge in [-0.15, -0.1) is 11.3 Å². The molecule has 1 amide bonds. The van der Waals surface area contributed by atoms with Crippen LogP contribution in [0, 0.1) is 0 Å². The molecule has 0 aliphatic rings. The number of rotatable bonds is 4. The van der Waals surface area contributed by atoms with Gasteiger partial charge in [0.1, 0.15) is 5.75 Å². The number of thiophene rings is 1. The maximum absolute atomic E-state index is 13.0. The number of halogens is 1. The minimum absolute atomic E-state index is 0.0693. The third-order valence-electron chi connectivity index (χ3n) is 3.31. The number of benzene rings is 2. The normalized spacial score (nSPS) is 10.3. The van der Waals surface area contributed by atoms with Crippen LogP contribution in [0.3, 0.4) is 0 Å². The molecule has 0 radical (unpaired) electrons. The highest BCUT2D eigenvalue weighted by Gasteiger charge is 2.21. The lowest BCUT2D eigenvalue weighted by Gasteiger charge is -2.23. The van der Waals surface area contributed by atoms with Gasteiger partial charge in [-0.1, -0.05) is 24.3 Å². The zero-order valence-electron chi connectivity index (χ0n) is 12.4. The second-order valence-corrected chi connectivity index (χ2v) is 7.24. The molecule has 1 heterocycles. The summed E-state index contributed by atoms with van der Waals surface area (Å²) in [4.78, 5) is 15.4. The van der Waals surface area contributed by atoms with Crippen LogP contribution in [0.1, 0.15) is 9.67 Å². The number of hydrogen-bond donors (Lipinski definition) is 0. The van der Waals surface area contributed by atoms with Crippen LogP contribution in [0.15, 0.2) is 70.5 Å². The summed E-state index contributed by atoms with van der Waals surface area (Å²) in [7, 11) is 1.62. The molecule has 2 aromatic carbocycles. The third-order valence-corrected chi connectivity index (χ3v) is 4.92. The molecule has 0 unspecified atom stereocenters. The fourth-order valence-electron chi connectivity index (χ4n) is 2.25. The van der Waals surface area contributed by atoms with E-state index in [0.29, 0.717) is 10.6 Å². The number of carbonyl (C=O) groups excluding carboxylic acids is 1. The van der Waals surface area contributed by atoms with E-state index in [4.69, 9.17) is 4.74 Å². The average Bonchev–Trinajstić information content (AvgIpc) is 3.03. The molecule has 0 aliphatic carbocycles. The van der Waals surface area contributed by atoms with Crippen molar-refractivity contribution in [2.24, 2.45) is 0 Å². The fourth-order valence-corrected chi connectivity index (χ4v) is 3.57. The molecule has 0 aliphatic heterocycles. The minimum Gasteiger partial charge on any atom is -0.497 e. The molecule has 0 saturated heterocycles. The van der Waals surface area contributed by atoms with Crippen molar-refractivity contribution in [1.82, 2.24) is 0 Å². The van der Waals surface area contributed by atoms with E-state index in [0.717, 1.165) is 15.2 Å². The molecule has 1 aromatic heterocycles. The zero-order chi connectivity index (χ0) is 16.2. The number of para-hydroxylation sites is 1. The van der Waals surface area contributed by atoms with Gasteiger partial charge in [0.15, 0.2) is 0 Å². The van der Waals surface area contributed by atoms with E-state index < -0.39 is 0 Å². The van der Waals surface area contributed by atoms with E-state index in [1.807, 2.05) is 66.7 Å². The first-order chi connectivity index (χ1) is 11.2. The minimum atomic E-state index is -0.0693. The first kappa shape index (κ1) is 15.8. The van der Waals surface area contributed by atoms with Gasteiger partial charge in [0.2, 0.25) is 0 Å². The number of anilines is 2. The van der Waals surface area contributed by atoms with Gasteiger partial charge < -0.3 is 4.74 Å². The molecular formula is C18H14BrNO2S. The van der Waals surface area contributed by atoms with E-state index in [9.17, 15) is 4.79 Å². The number of ether oxygens (including phenoxy) is 1. The molecule has 0 spiro atoms. The molecule has 0 saturated carbocycles. The lowest BCUT2D eigenvalue weighted by molar-refractivity contribution is 0.100. The molecule has 3 nitrogen and oxygen atoms in total. The predicted molar refractivity (Wildman–Crippen MR) is 97.9 cm³/mol. The summed E-state index contributed by atoms with van der Waals surface area (Å²) in [6.07, 6.45) is 0. The number of hydrogen-bond acceptors (Lipinski definition) is 3. The number of amides is 1. The Bertz CT molecular complexity index is 817. The van der Waals surface area contributed by atoms with Crippen molar-refractivity contribution in [2.45, 2.75) is 0 Å². The van der Waals surface area contributed by atoms with Crippen LogP contribution in [0.25, 0.3) is 0 Å². The summed E-state index contributed by atoms with van der Waals surface area (Å²) in [5.41, 5.74) is 1.58. The molecule has 3 aromatic rings. The first-order valence-corrected chi connectivity index (χ1v) is 8.59. The molecule has 23 heavy (non-hydrogen) atoms. The fraction of sp³-hybridized carbons (Fsp3) is 0.0556. The zero-order valence-corrected chi connectivity index (χ0v) is 14.8. The second kappa shape index (κ2) is 6.98. The molecule has 0 bridgehead atoms. The highest BCUT2D eigenvalue weighted by molar-refractivity contribution is 9.11. The van der Waals surface area contributed by atoms with Gasteiger partial charge in [-0.3, -0.25) is 9.69 Å². The Morgan fingerprint density at radius 1 is 1.00 bits per heavy atom. The molecule has 3 rings (SSSR count). The highest BCUT2D eigenvalue weighted by Crippen LogP contribution is 2.32. The van der Waals surface area contributed by atoms with Crippen molar-refractivity contribution in [2.75, 3.05) is 12.0 Å². The van der Waals surface area contributed by atoms with Gasteiger partial charge in [-0.2, -0.15) is 0 Å². The second-order valence-electron chi connectivity index (χ2n) is 4.78. The maximum Gasteiger partial charge on any atom is 0.272 e. The lowest BCUT2D eigenvalue weighted by atomic mass is 10.2. The van der Waals surface area contributed by atoms with E-state index in [1.165, 1.54) is 11.3 Å². The topological polar surface area (TPSA) is 29.5 Å². The van der Waals surface area contributed by atoms with Gasteiger partial charge >= 0.3 is 0 Å². The van der Waals surface area contributed by atoms with Crippen LogP contribution in [0.5, 0.6) is 5.75 Å². The van der Waals surface area contributed by atoms with Crippen LogP contribution in [-0.2, 0) is 0 Å². The van der Waals surface area contributed by atoms with Crippen LogP contribution in [0.4, 0.5) is 11.4 Å². The Balaban J connectivity index is 2.08. The SMILES string of the molecule is COc1cccc(N(C(=O)c2ccc(Br)s2)c2ccccc2)c1. The summed E-state index contributed by atoms with van der Waals surface area (Å²) in [5, 5.41) is 0. The number of nitrogens with zero attached hydrogens (tertiary/aromatic N) is 1. The summed E-state index contributed by atoms with van der Waals surface area (Å²) >= 11 is 4.83. The van der Waals surface area contributed by atoms with Crippen LogP contribution in [-0.4, -0.2) is 13.0 Å². The largest absolute Gasteiger partial charge is 0.497 e. The molecular weight excluding hydrogens is 374 g/mol. The molecule has 0 fully saturated rings. The van der Waals surface area contributed by atoms with E-state index in [2.05, 4.69) is 15.9 Å². The smallest absolute Gasteiger partial charge is 0.272 e. The molecule has 5 heteroatoms. The first-order valence-electron chi connectivity index (χ1n) is 6.98. The number of methoxy groups -OCH3 is 1. The van der Waals surface area contributed by atoms with Crippen LogP contribution in [0.2, 0.25) is 0 Å². The van der Waals surface area contributed by atoms with Crippen molar-refractivity contribution in [3.63, 3.8) is 0 Å². The standard InChI is InChI=1S/C18H14BrNO2S/c1-22-15-9-5-8-14(12-15)20(13-6-3-2-4-7-13)18(21)16-10-11-17(19)23-16/h2-12H,1H3. The van der Waals surface area contributed by atoms with Crippen molar-refractivity contribution in [3.8, 4) is 5.75 Å². The summed E-state index contributed by atoms with van der Waals surface area (Å²) < 4.78 is 6.22. The van der Waals surface area contributed by atoms with Gasteiger partial charge in [0.05, 0.1) is 21.5 Å². The van der Waals surface area contributed by atoms with Crippen molar-refractivity contribution in [1.29, 1.82) is 0 Å². The highest BCUT2D eigenvalue weighted by atomic mass is 79.9. The van der Waals surface area contributed by atoms with Gasteiger partial charge in [-0.25, -0.2) is 0 Å². The third kappa shape index (κ3) is 3.46. The predicted octanol–water partition coefficient (Wildman–Crippen LogP) is 5.50. The quantitative estimate of drug-likeness (QED) is 0.591. The Hall–Kier alpha value is -2.11. The Kier molecular flexibility index (Phi) is 4.79. The Morgan fingerprint density at radius 3 is 2.39 bits per heavy atom. The number of carbonyl (C=O) groups is 1. The lowest BCUT2D eigenvalue weighted by Crippen LogP contribution is -2.25. The van der Waals surface area contributed by atoms with Crippen LogP contribution < -0.4 is 9.64 Å². The average molecular weight is 388 g/mol. The van der Waals surface area contributed by atoms with E-state index >= 15 is 0 Å². The summed E-state index contributed by atoms with van der Waals surface area (Å²) in [6.45, 7) is 0. The maximum atomic E-state index is 13.0. The van der Waals surface area contributed by atoms with E-state index in [-0.39, 0.29) is 5.91 Å². The van der Waals surface area contributed by atoms with Crippen molar-refractivity contribution in [3.05, 3.63) is 75.4 Å². The summed E-state index contributed by atoms with van der Waals surface area (Å²) in [5.74, 6) is 0.642. The van der Waals surface area contributed by atoms with Crippen molar-refractivity contribution < 1.29 is 9.53 Å². The van der Waals surface area contributed by atoms with Crippen LogP contribution >= 0.6 is 27.3 Å². The monoisotopic (exact) mass is 387 g/mol. The molecule has 0 atom stereocenters. The molecule has 116 valence electrons. The molecule has 0 N–H and O–H groups in total. The Morgan fingerprint density at radius 2 is 1.74 bits per heavy atom. The van der Waals surface area contributed by atoms with E-state index in [1.54, 1.807) is 12.0 Å².